The predicted molar refractivity (Wildman–Crippen MR) is 55.0 cm³/mol. The van der Waals surface area contributed by atoms with Crippen molar-refractivity contribution >= 4 is 0 Å². The molecule has 1 N–H and O–H groups in total. The largest absolute Gasteiger partial charge is 0.392 e. The van der Waals surface area contributed by atoms with Gasteiger partial charge in [0.1, 0.15) is 0 Å². The summed E-state index contributed by atoms with van der Waals surface area (Å²) >= 11 is 0. The zero-order chi connectivity index (χ0) is 10.7. The van der Waals surface area contributed by atoms with Gasteiger partial charge in [0.15, 0.2) is 0 Å². The quantitative estimate of drug-likeness (QED) is 0.828. The van der Waals surface area contributed by atoms with Gasteiger partial charge in [0, 0.05) is 12.0 Å². The lowest BCUT2D eigenvalue weighted by atomic mass is 10.1. The SMILES string of the molecule is CCc1nc(-c2cccc(CO)c2)no1. The van der Waals surface area contributed by atoms with Crippen molar-refractivity contribution in [2.45, 2.75) is 20.0 Å². The minimum atomic E-state index is 0.0202. The van der Waals surface area contributed by atoms with Crippen molar-refractivity contribution in [1.29, 1.82) is 0 Å². The van der Waals surface area contributed by atoms with E-state index in [0.717, 1.165) is 17.5 Å². The lowest BCUT2D eigenvalue weighted by Gasteiger charge is -1.97. The summed E-state index contributed by atoms with van der Waals surface area (Å²) in [6.45, 7) is 1.98. The van der Waals surface area contributed by atoms with Crippen LogP contribution in [0.1, 0.15) is 18.4 Å². The molecule has 0 spiro atoms. The van der Waals surface area contributed by atoms with E-state index in [0.29, 0.717) is 11.7 Å². The van der Waals surface area contributed by atoms with Crippen molar-refractivity contribution in [3.05, 3.63) is 35.7 Å². The van der Waals surface area contributed by atoms with Crippen LogP contribution < -0.4 is 0 Å². The molecule has 0 radical (unpaired) electrons. The molecule has 15 heavy (non-hydrogen) atoms. The van der Waals surface area contributed by atoms with Crippen LogP contribution in [0.2, 0.25) is 0 Å². The third-order valence-corrected chi connectivity index (χ3v) is 2.14. The molecule has 0 bridgehead atoms. The average molecular weight is 204 g/mol. The number of benzene rings is 1. The van der Waals surface area contributed by atoms with Crippen LogP contribution in [0, 0.1) is 0 Å². The molecule has 1 aromatic carbocycles. The van der Waals surface area contributed by atoms with Crippen molar-refractivity contribution < 1.29 is 9.63 Å². The van der Waals surface area contributed by atoms with E-state index in [1.54, 1.807) is 0 Å². The zero-order valence-corrected chi connectivity index (χ0v) is 8.47. The van der Waals surface area contributed by atoms with E-state index in [9.17, 15) is 0 Å². The Morgan fingerprint density at radius 2 is 2.27 bits per heavy atom. The van der Waals surface area contributed by atoms with Crippen LogP contribution >= 0.6 is 0 Å². The first-order chi connectivity index (χ1) is 7.33. The van der Waals surface area contributed by atoms with E-state index >= 15 is 0 Å². The van der Waals surface area contributed by atoms with Crippen molar-refractivity contribution in [1.82, 2.24) is 10.1 Å². The Balaban J connectivity index is 2.35. The molecule has 4 heteroatoms. The molecule has 4 nitrogen and oxygen atoms in total. The summed E-state index contributed by atoms with van der Waals surface area (Å²) in [5.74, 6) is 1.20. The molecule has 0 saturated heterocycles. The minimum absolute atomic E-state index is 0.0202. The number of hydrogen-bond acceptors (Lipinski definition) is 4. The molecule has 0 aliphatic carbocycles. The Labute approximate surface area is 87.6 Å². The van der Waals surface area contributed by atoms with Gasteiger partial charge < -0.3 is 9.63 Å². The first kappa shape index (κ1) is 9.86. The Kier molecular flexibility index (Phi) is 2.78. The highest BCUT2D eigenvalue weighted by molar-refractivity contribution is 5.55. The number of aryl methyl sites for hydroxylation is 1. The van der Waals surface area contributed by atoms with Gasteiger partial charge in [-0.2, -0.15) is 4.98 Å². The van der Waals surface area contributed by atoms with Gasteiger partial charge in [0.05, 0.1) is 6.61 Å². The maximum absolute atomic E-state index is 9.00. The van der Waals surface area contributed by atoms with Crippen LogP contribution in [0.3, 0.4) is 0 Å². The highest BCUT2D eigenvalue weighted by Crippen LogP contribution is 2.17. The number of nitrogens with zero attached hydrogens (tertiary/aromatic N) is 2. The van der Waals surface area contributed by atoms with Crippen molar-refractivity contribution in [3.63, 3.8) is 0 Å². The normalized spacial score (nSPS) is 10.5. The second kappa shape index (κ2) is 4.23. The topological polar surface area (TPSA) is 59.2 Å². The fraction of sp³-hybridized carbons (Fsp3) is 0.273. The van der Waals surface area contributed by atoms with Gasteiger partial charge in [-0.25, -0.2) is 0 Å². The molecule has 0 atom stereocenters. The summed E-state index contributed by atoms with van der Waals surface area (Å²) in [5.41, 5.74) is 1.71. The van der Waals surface area contributed by atoms with Gasteiger partial charge in [-0.3, -0.25) is 0 Å². The van der Waals surface area contributed by atoms with Crippen molar-refractivity contribution in [3.8, 4) is 11.4 Å². The van der Waals surface area contributed by atoms with Crippen LogP contribution in [-0.4, -0.2) is 15.2 Å². The minimum Gasteiger partial charge on any atom is -0.392 e. The smallest absolute Gasteiger partial charge is 0.226 e. The number of hydrogen-bond donors (Lipinski definition) is 1. The Morgan fingerprint density at radius 1 is 1.40 bits per heavy atom. The number of aliphatic hydroxyl groups excluding tert-OH is 1. The zero-order valence-electron chi connectivity index (χ0n) is 8.47. The molecule has 1 aromatic heterocycles. The number of rotatable bonds is 3. The second-order valence-electron chi connectivity index (χ2n) is 3.22. The van der Waals surface area contributed by atoms with Crippen molar-refractivity contribution in [2.75, 3.05) is 0 Å². The fourth-order valence-electron chi connectivity index (χ4n) is 1.32. The Hall–Kier alpha value is -1.68. The number of aliphatic hydroxyl groups is 1. The summed E-state index contributed by atoms with van der Waals surface area (Å²) in [6, 6.07) is 7.46. The summed E-state index contributed by atoms with van der Waals surface area (Å²) in [7, 11) is 0. The molecule has 2 rings (SSSR count). The van der Waals surface area contributed by atoms with Crippen LogP contribution in [-0.2, 0) is 13.0 Å². The molecule has 0 saturated carbocycles. The molecular weight excluding hydrogens is 192 g/mol. The second-order valence-corrected chi connectivity index (χ2v) is 3.22. The summed E-state index contributed by atoms with van der Waals surface area (Å²) in [4.78, 5) is 4.21. The van der Waals surface area contributed by atoms with E-state index in [4.69, 9.17) is 9.63 Å². The van der Waals surface area contributed by atoms with Gasteiger partial charge in [-0.05, 0) is 11.6 Å². The Morgan fingerprint density at radius 3 is 2.93 bits per heavy atom. The maximum atomic E-state index is 9.00. The van der Waals surface area contributed by atoms with E-state index in [1.807, 2.05) is 31.2 Å². The Bertz CT molecular complexity index is 451. The molecule has 2 aromatic rings. The molecule has 0 unspecified atom stereocenters. The summed E-state index contributed by atoms with van der Waals surface area (Å²) < 4.78 is 5.02. The molecule has 0 aliphatic rings. The van der Waals surface area contributed by atoms with Gasteiger partial charge in [-0.1, -0.05) is 30.3 Å². The maximum Gasteiger partial charge on any atom is 0.226 e. The highest BCUT2D eigenvalue weighted by Gasteiger charge is 2.06. The molecule has 1 heterocycles. The fourth-order valence-corrected chi connectivity index (χ4v) is 1.32. The monoisotopic (exact) mass is 204 g/mol. The van der Waals surface area contributed by atoms with E-state index in [2.05, 4.69) is 10.1 Å². The lowest BCUT2D eigenvalue weighted by Crippen LogP contribution is -1.86. The molecule has 0 amide bonds. The van der Waals surface area contributed by atoms with Crippen LogP contribution in [0.25, 0.3) is 11.4 Å². The van der Waals surface area contributed by atoms with Gasteiger partial charge in [-0.15, -0.1) is 0 Å². The van der Waals surface area contributed by atoms with E-state index < -0.39 is 0 Å². The third-order valence-electron chi connectivity index (χ3n) is 2.14. The molecule has 78 valence electrons. The summed E-state index contributed by atoms with van der Waals surface area (Å²) in [6.07, 6.45) is 0.729. The predicted octanol–water partition coefficient (Wildman–Crippen LogP) is 1.79. The lowest BCUT2D eigenvalue weighted by molar-refractivity contribution is 0.282. The highest BCUT2D eigenvalue weighted by atomic mass is 16.5. The average Bonchev–Trinajstić information content (AvgIpc) is 2.78. The van der Waals surface area contributed by atoms with Gasteiger partial charge in [0.25, 0.3) is 0 Å². The van der Waals surface area contributed by atoms with E-state index in [-0.39, 0.29) is 6.61 Å². The van der Waals surface area contributed by atoms with Crippen LogP contribution in [0.4, 0.5) is 0 Å². The van der Waals surface area contributed by atoms with E-state index in [1.165, 1.54) is 0 Å². The van der Waals surface area contributed by atoms with Gasteiger partial charge in [0.2, 0.25) is 11.7 Å². The first-order valence-corrected chi connectivity index (χ1v) is 4.86. The third kappa shape index (κ3) is 2.05. The summed E-state index contributed by atoms with van der Waals surface area (Å²) in [5, 5.41) is 12.9. The molecular formula is C11H12N2O2. The van der Waals surface area contributed by atoms with Crippen LogP contribution in [0.15, 0.2) is 28.8 Å². The number of aromatic nitrogens is 2. The molecule has 0 aliphatic heterocycles. The van der Waals surface area contributed by atoms with Crippen molar-refractivity contribution in [2.24, 2.45) is 0 Å². The van der Waals surface area contributed by atoms with Crippen LogP contribution in [0.5, 0.6) is 0 Å². The van der Waals surface area contributed by atoms with Gasteiger partial charge >= 0.3 is 0 Å². The standard InChI is InChI=1S/C11H12N2O2/c1-2-10-12-11(13-15-10)9-5-3-4-8(6-9)7-14/h3-6,14H,2,7H2,1H3. The molecule has 0 fully saturated rings. The first-order valence-electron chi connectivity index (χ1n) is 4.86.